The Morgan fingerprint density at radius 2 is 1.79 bits per heavy atom. The Hall–Kier alpha value is -3.16. The van der Waals surface area contributed by atoms with Gasteiger partial charge in [0.1, 0.15) is 5.69 Å². The molecule has 0 fully saturated rings. The first-order valence-corrected chi connectivity index (χ1v) is 8.75. The molecule has 28 heavy (non-hydrogen) atoms. The number of rotatable bonds is 2. The van der Waals surface area contributed by atoms with Gasteiger partial charge in [-0.25, -0.2) is 0 Å². The summed E-state index contributed by atoms with van der Waals surface area (Å²) in [6.45, 7) is 4.11. The summed E-state index contributed by atoms with van der Waals surface area (Å²) in [4.78, 5) is 19.0. The first kappa shape index (κ1) is 18.2. The van der Waals surface area contributed by atoms with Crippen molar-refractivity contribution in [2.45, 2.75) is 26.1 Å². The highest BCUT2D eigenvalue weighted by molar-refractivity contribution is 6.09. The molecule has 0 saturated heterocycles. The Kier molecular flexibility index (Phi) is 4.21. The molecule has 0 spiro atoms. The lowest BCUT2D eigenvalue weighted by molar-refractivity contribution is -0.137. The Labute approximate surface area is 159 Å². The summed E-state index contributed by atoms with van der Waals surface area (Å²) >= 11 is 0. The van der Waals surface area contributed by atoms with E-state index in [2.05, 4.69) is 10.1 Å². The third-order valence-corrected chi connectivity index (χ3v) is 4.84. The second-order valence-electron chi connectivity index (χ2n) is 6.85. The van der Waals surface area contributed by atoms with Crippen LogP contribution in [0.5, 0.6) is 0 Å². The monoisotopic (exact) mass is 386 g/mol. The van der Waals surface area contributed by atoms with Crippen molar-refractivity contribution in [1.29, 1.82) is 0 Å². The molecule has 0 aliphatic carbocycles. The van der Waals surface area contributed by atoms with Crippen LogP contribution in [0.4, 0.5) is 18.9 Å². The Balaban J connectivity index is 1.73. The largest absolute Gasteiger partial charge is 0.416 e. The molecule has 144 valence electrons. The number of pyridine rings is 1. The van der Waals surface area contributed by atoms with Gasteiger partial charge in [0.2, 0.25) is 0 Å². The molecule has 1 atom stereocenters. The number of benzene rings is 1. The highest BCUT2D eigenvalue weighted by atomic mass is 19.4. The van der Waals surface area contributed by atoms with Crippen molar-refractivity contribution in [1.82, 2.24) is 14.8 Å². The molecular weight excluding hydrogens is 369 g/mol. The number of carbonyl (C=O) groups is 1. The van der Waals surface area contributed by atoms with Crippen LogP contribution in [-0.4, -0.2) is 27.2 Å². The lowest BCUT2D eigenvalue weighted by Crippen LogP contribution is -2.42. The van der Waals surface area contributed by atoms with Gasteiger partial charge < -0.3 is 4.90 Å². The van der Waals surface area contributed by atoms with Gasteiger partial charge in [-0.05, 0) is 44.2 Å². The molecule has 1 amide bonds. The number of aryl methyl sites for hydroxylation is 1. The SMILES string of the molecule is Cc1ccc(-c2cnn3c2C(=O)N(c2ccc(C(F)(F)F)cc2)C[C@@H]3C)cn1. The number of alkyl halides is 3. The number of hydrogen-bond donors (Lipinski definition) is 0. The molecule has 8 heteroatoms. The molecule has 5 nitrogen and oxygen atoms in total. The summed E-state index contributed by atoms with van der Waals surface area (Å²) in [5.41, 5.74) is 2.36. The second-order valence-corrected chi connectivity index (χ2v) is 6.85. The van der Waals surface area contributed by atoms with Gasteiger partial charge in [-0.15, -0.1) is 0 Å². The Morgan fingerprint density at radius 3 is 2.39 bits per heavy atom. The lowest BCUT2D eigenvalue weighted by atomic mass is 10.0. The quantitative estimate of drug-likeness (QED) is 0.652. The van der Waals surface area contributed by atoms with Crippen LogP contribution in [0.2, 0.25) is 0 Å². The number of amides is 1. The number of fused-ring (bicyclic) bond motifs is 1. The maximum Gasteiger partial charge on any atom is 0.416 e. The number of carbonyl (C=O) groups excluding carboxylic acids is 1. The Bertz CT molecular complexity index is 1020. The van der Waals surface area contributed by atoms with E-state index in [1.54, 1.807) is 17.1 Å². The average Bonchev–Trinajstić information content (AvgIpc) is 3.11. The van der Waals surface area contributed by atoms with E-state index in [9.17, 15) is 18.0 Å². The number of hydrogen-bond acceptors (Lipinski definition) is 3. The van der Waals surface area contributed by atoms with Crippen molar-refractivity contribution in [2.75, 3.05) is 11.4 Å². The van der Waals surface area contributed by atoms with Crippen molar-refractivity contribution in [2.24, 2.45) is 0 Å². The van der Waals surface area contributed by atoms with Crippen molar-refractivity contribution in [3.63, 3.8) is 0 Å². The van der Waals surface area contributed by atoms with E-state index < -0.39 is 11.7 Å². The first-order valence-electron chi connectivity index (χ1n) is 8.75. The Morgan fingerprint density at radius 1 is 1.07 bits per heavy atom. The summed E-state index contributed by atoms with van der Waals surface area (Å²) in [6.07, 6.45) is -1.10. The van der Waals surface area contributed by atoms with Crippen LogP contribution in [0.3, 0.4) is 0 Å². The lowest BCUT2D eigenvalue weighted by Gasteiger charge is -2.32. The molecular formula is C20H17F3N4O. The molecule has 3 aromatic rings. The number of nitrogens with zero attached hydrogens (tertiary/aromatic N) is 4. The van der Waals surface area contributed by atoms with Crippen LogP contribution in [-0.2, 0) is 6.18 Å². The molecule has 0 bridgehead atoms. The maximum atomic E-state index is 13.2. The smallest absolute Gasteiger partial charge is 0.305 e. The highest BCUT2D eigenvalue weighted by Crippen LogP contribution is 2.34. The minimum absolute atomic E-state index is 0.123. The zero-order valence-electron chi connectivity index (χ0n) is 15.2. The summed E-state index contributed by atoms with van der Waals surface area (Å²) in [5, 5.41) is 4.35. The summed E-state index contributed by atoms with van der Waals surface area (Å²) < 4.78 is 40.1. The van der Waals surface area contributed by atoms with Crippen LogP contribution in [0, 0.1) is 6.92 Å². The topological polar surface area (TPSA) is 51.0 Å². The zero-order valence-corrected chi connectivity index (χ0v) is 15.2. The predicted octanol–water partition coefficient (Wildman–Crippen LogP) is 4.49. The maximum absolute atomic E-state index is 13.2. The number of halogens is 3. The predicted molar refractivity (Wildman–Crippen MR) is 98.0 cm³/mol. The molecule has 0 radical (unpaired) electrons. The van der Waals surface area contributed by atoms with Gasteiger partial charge in [-0.3, -0.25) is 14.5 Å². The zero-order chi connectivity index (χ0) is 20.1. The van der Waals surface area contributed by atoms with E-state index >= 15 is 0 Å². The summed E-state index contributed by atoms with van der Waals surface area (Å²) in [6, 6.07) is 8.23. The van der Waals surface area contributed by atoms with Crippen molar-refractivity contribution < 1.29 is 18.0 Å². The molecule has 2 aromatic heterocycles. The van der Waals surface area contributed by atoms with Crippen molar-refractivity contribution in [3.05, 3.63) is 65.7 Å². The summed E-state index contributed by atoms with van der Waals surface area (Å²) in [7, 11) is 0. The van der Waals surface area contributed by atoms with E-state index in [4.69, 9.17) is 0 Å². The van der Waals surface area contributed by atoms with E-state index in [-0.39, 0.29) is 11.9 Å². The molecule has 1 aliphatic heterocycles. The van der Waals surface area contributed by atoms with Gasteiger partial charge >= 0.3 is 6.18 Å². The summed E-state index contributed by atoms with van der Waals surface area (Å²) in [5.74, 6) is -0.300. The van der Waals surface area contributed by atoms with Crippen molar-refractivity contribution in [3.8, 4) is 11.1 Å². The van der Waals surface area contributed by atoms with Crippen molar-refractivity contribution >= 4 is 11.6 Å². The molecule has 3 heterocycles. The van der Waals surface area contributed by atoms with E-state index in [0.717, 1.165) is 23.4 Å². The van der Waals surface area contributed by atoms with E-state index in [1.165, 1.54) is 17.0 Å². The van der Waals surface area contributed by atoms with Gasteiger partial charge in [0.15, 0.2) is 0 Å². The van der Waals surface area contributed by atoms with E-state index in [0.29, 0.717) is 23.5 Å². The third-order valence-electron chi connectivity index (χ3n) is 4.84. The van der Waals surface area contributed by atoms with Gasteiger partial charge in [0, 0.05) is 35.2 Å². The van der Waals surface area contributed by atoms with Gasteiger partial charge in [-0.2, -0.15) is 18.3 Å². The van der Waals surface area contributed by atoms with Gasteiger partial charge in [0.05, 0.1) is 17.8 Å². The number of aromatic nitrogens is 3. The molecule has 0 N–H and O–H groups in total. The number of anilines is 1. The van der Waals surface area contributed by atoms with Gasteiger partial charge in [0.25, 0.3) is 5.91 Å². The molecule has 4 rings (SSSR count). The molecule has 1 aromatic carbocycles. The minimum atomic E-state index is -4.41. The second kappa shape index (κ2) is 6.47. The first-order chi connectivity index (χ1) is 13.3. The minimum Gasteiger partial charge on any atom is -0.305 e. The average molecular weight is 386 g/mol. The van der Waals surface area contributed by atoms with Gasteiger partial charge in [-0.1, -0.05) is 6.07 Å². The van der Waals surface area contributed by atoms with E-state index in [1.807, 2.05) is 26.0 Å². The van der Waals surface area contributed by atoms with Crippen LogP contribution < -0.4 is 4.90 Å². The van der Waals surface area contributed by atoms with Crippen LogP contribution >= 0.6 is 0 Å². The molecule has 0 saturated carbocycles. The third kappa shape index (κ3) is 3.04. The normalized spacial score (nSPS) is 17.0. The van der Waals surface area contributed by atoms with Crippen LogP contribution in [0.15, 0.2) is 48.8 Å². The molecule has 0 unspecified atom stereocenters. The fraction of sp³-hybridized carbons (Fsp3) is 0.250. The standard InChI is InChI=1S/C20H17F3N4O/c1-12-3-4-14(9-24-12)17-10-25-27-13(2)11-26(19(28)18(17)27)16-7-5-15(6-8-16)20(21,22)23/h3-10,13H,11H2,1-2H3/t13-/m0/s1. The van der Waals surface area contributed by atoms with Crippen LogP contribution in [0.1, 0.15) is 34.7 Å². The fourth-order valence-electron chi connectivity index (χ4n) is 3.35. The molecule has 1 aliphatic rings. The van der Waals surface area contributed by atoms with Crippen LogP contribution in [0.25, 0.3) is 11.1 Å². The highest BCUT2D eigenvalue weighted by Gasteiger charge is 2.35. The fourth-order valence-corrected chi connectivity index (χ4v) is 3.35.